The lowest BCUT2D eigenvalue weighted by Gasteiger charge is -2.24. The molecule has 0 radical (unpaired) electrons. The van der Waals surface area contributed by atoms with Crippen LogP contribution in [0.4, 0.5) is 0 Å². The summed E-state index contributed by atoms with van der Waals surface area (Å²) < 4.78 is 5.15. The van der Waals surface area contributed by atoms with Gasteiger partial charge >= 0.3 is 0 Å². The second-order valence-electron chi connectivity index (χ2n) is 7.42. The Bertz CT molecular complexity index is 1280. The number of hydrogen-bond donors (Lipinski definition) is 2. The molecule has 2 amide bonds. The topological polar surface area (TPSA) is 108 Å². The molecule has 162 valence electrons. The molecule has 0 bridgehead atoms. The van der Waals surface area contributed by atoms with Crippen LogP contribution in [-0.2, 0) is 17.8 Å². The highest BCUT2D eigenvalue weighted by molar-refractivity contribution is 5.95. The van der Waals surface area contributed by atoms with Crippen molar-refractivity contribution in [1.82, 2.24) is 20.2 Å². The van der Waals surface area contributed by atoms with Gasteiger partial charge in [0.1, 0.15) is 11.9 Å². The first-order valence-electron chi connectivity index (χ1n) is 10.1. The van der Waals surface area contributed by atoms with E-state index < -0.39 is 11.9 Å². The number of carbonyl (C=O) groups is 2. The molecule has 4 rings (SSSR count). The van der Waals surface area contributed by atoms with Crippen molar-refractivity contribution >= 4 is 22.7 Å². The summed E-state index contributed by atoms with van der Waals surface area (Å²) in [6, 6.07) is 18.7. The number of aromatic amines is 1. The Hall–Kier alpha value is -4.20. The molecule has 1 unspecified atom stereocenters. The lowest BCUT2D eigenvalue weighted by molar-refractivity contribution is -0.132. The highest BCUT2D eigenvalue weighted by Crippen LogP contribution is 2.10. The third-order valence-electron chi connectivity index (χ3n) is 5.06. The smallest absolute Gasteiger partial charge is 0.287 e. The molecule has 0 aliphatic heterocycles. The number of para-hydroxylation sites is 1. The summed E-state index contributed by atoms with van der Waals surface area (Å²) in [4.78, 5) is 46.8. The van der Waals surface area contributed by atoms with Crippen molar-refractivity contribution in [1.29, 1.82) is 0 Å². The van der Waals surface area contributed by atoms with Gasteiger partial charge in [-0.05, 0) is 29.8 Å². The van der Waals surface area contributed by atoms with E-state index in [-0.39, 0.29) is 23.8 Å². The summed E-state index contributed by atoms with van der Waals surface area (Å²) in [5, 5.41) is 3.24. The van der Waals surface area contributed by atoms with E-state index in [4.69, 9.17) is 4.42 Å². The number of fused-ring (bicyclic) bond motifs is 1. The summed E-state index contributed by atoms with van der Waals surface area (Å²) in [6.07, 6.45) is 1.70. The number of nitrogens with zero attached hydrogens (tertiary/aromatic N) is 2. The maximum atomic E-state index is 13.3. The molecule has 0 fully saturated rings. The fourth-order valence-electron chi connectivity index (χ4n) is 3.47. The molecule has 1 atom stereocenters. The number of hydrogen-bond acceptors (Lipinski definition) is 5. The van der Waals surface area contributed by atoms with Crippen LogP contribution in [0.5, 0.6) is 0 Å². The zero-order chi connectivity index (χ0) is 22.5. The standard InChI is InChI=1S/C24H22N4O4/c1-28(15-21-25-18-11-6-5-10-17(18)22(29)27-21)24(31)19(14-16-8-3-2-4-9-16)26-23(30)20-12-7-13-32-20/h2-13,19H,14-15H2,1H3,(H,26,30)(H,25,27,29). The van der Waals surface area contributed by atoms with Gasteiger partial charge in [-0.2, -0.15) is 0 Å². The van der Waals surface area contributed by atoms with Crippen molar-refractivity contribution in [2.24, 2.45) is 0 Å². The van der Waals surface area contributed by atoms with Crippen LogP contribution >= 0.6 is 0 Å². The Labute approximate surface area is 183 Å². The molecule has 8 nitrogen and oxygen atoms in total. The van der Waals surface area contributed by atoms with Gasteiger partial charge in [0, 0.05) is 13.5 Å². The van der Waals surface area contributed by atoms with Crippen LogP contribution in [-0.4, -0.2) is 39.8 Å². The Morgan fingerprint density at radius 2 is 1.81 bits per heavy atom. The van der Waals surface area contributed by atoms with Gasteiger partial charge in [0.15, 0.2) is 5.76 Å². The van der Waals surface area contributed by atoms with Gasteiger partial charge in [0.05, 0.1) is 23.7 Å². The second kappa shape index (κ2) is 9.30. The number of nitrogens with one attached hydrogen (secondary N) is 2. The van der Waals surface area contributed by atoms with Gasteiger partial charge in [-0.25, -0.2) is 4.98 Å². The van der Waals surface area contributed by atoms with E-state index in [2.05, 4.69) is 15.3 Å². The van der Waals surface area contributed by atoms with Gasteiger partial charge in [0.2, 0.25) is 5.91 Å². The fourth-order valence-corrected chi connectivity index (χ4v) is 3.47. The molecule has 32 heavy (non-hydrogen) atoms. The Kier molecular flexibility index (Phi) is 6.12. The SMILES string of the molecule is CN(Cc1nc2ccccc2c(=O)[nH]1)C(=O)C(Cc1ccccc1)NC(=O)c1ccco1. The molecular formula is C24H22N4O4. The third kappa shape index (κ3) is 4.75. The Morgan fingerprint density at radius 3 is 2.56 bits per heavy atom. The zero-order valence-electron chi connectivity index (χ0n) is 17.4. The highest BCUT2D eigenvalue weighted by Gasteiger charge is 2.26. The van der Waals surface area contributed by atoms with Gasteiger partial charge < -0.3 is 19.6 Å². The van der Waals surface area contributed by atoms with E-state index in [0.29, 0.717) is 23.1 Å². The third-order valence-corrected chi connectivity index (χ3v) is 5.06. The number of benzene rings is 2. The van der Waals surface area contributed by atoms with Crippen LogP contribution < -0.4 is 10.9 Å². The van der Waals surface area contributed by atoms with Gasteiger partial charge in [-0.3, -0.25) is 14.4 Å². The number of furan rings is 1. The Balaban J connectivity index is 1.55. The predicted octanol–water partition coefficient (Wildman–Crippen LogP) is 2.52. The molecule has 8 heteroatoms. The molecule has 4 aromatic rings. The monoisotopic (exact) mass is 430 g/mol. The molecule has 0 aliphatic carbocycles. The molecule has 0 saturated carbocycles. The number of likely N-dealkylation sites (N-methyl/N-ethyl adjacent to an activating group) is 1. The maximum Gasteiger partial charge on any atom is 0.287 e. The van der Waals surface area contributed by atoms with Crippen LogP contribution in [0.3, 0.4) is 0 Å². The molecule has 0 aliphatic rings. The number of carbonyl (C=O) groups excluding carboxylic acids is 2. The van der Waals surface area contributed by atoms with Crippen molar-refractivity contribution in [2.75, 3.05) is 7.05 Å². The highest BCUT2D eigenvalue weighted by atomic mass is 16.3. The molecule has 0 spiro atoms. The van der Waals surface area contributed by atoms with E-state index in [0.717, 1.165) is 5.56 Å². The van der Waals surface area contributed by atoms with Crippen LogP contribution in [0, 0.1) is 0 Å². The largest absolute Gasteiger partial charge is 0.459 e. The summed E-state index contributed by atoms with van der Waals surface area (Å²) in [5.74, 6) is -0.307. The lowest BCUT2D eigenvalue weighted by Crippen LogP contribution is -2.48. The normalized spacial score (nSPS) is 11.8. The van der Waals surface area contributed by atoms with Gasteiger partial charge in [0.25, 0.3) is 11.5 Å². The van der Waals surface area contributed by atoms with Crippen molar-refractivity contribution in [2.45, 2.75) is 19.0 Å². The first-order chi connectivity index (χ1) is 15.5. The molecule has 2 aromatic heterocycles. The first kappa shape index (κ1) is 21.0. The molecule has 0 saturated heterocycles. The van der Waals surface area contributed by atoms with E-state index in [1.165, 1.54) is 17.2 Å². The number of amides is 2. The second-order valence-corrected chi connectivity index (χ2v) is 7.42. The summed E-state index contributed by atoms with van der Waals surface area (Å²) in [5.41, 5.74) is 1.19. The number of aromatic nitrogens is 2. The summed E-state index contributed by atoms with van der Waals surface area (Å²) in [7, 11) is 1.61. The minimum absolute atomic E-state index is 0.0841. The van der Waals surface area contributed by atoms with Crippen LogP contribution in [0.15, 0.2) is 82.2 Å². The van der Waals surface area contributed by atoms with Crippen LogP contribution in [0.25, 0.3) is 10.9 Å². The minimum atomic E-state index is -0.827. The van der Waals surface area contributed by atoms with Crippen LogP contribution in [0.1, 0.15) is 21.9 Å². The van der Waals surface area contributed by atoms with E-state index in [1.807, 2.05) is 30.3 Å². The average Bonchev–Trinajstić information content (AvgIpc) is 3.34. The quantitative estimate of drug-likeness (QED) is 0.468. The van der Waals surface area contributed by atoms with Crippen molar-refractivity contribution in [3.63, 3.8) is 0 Å². The summed E-state index contributed by atoms with van der Waals surface area (Å²) in [6.45, 7) is 0.0841. The fraction of sp³-hybridized carbons (Fsp3) is 0.167. The lowest BCUT2D eigenvalue weighted by atomic mass is 10.0. The van der Waals surface area contributed by atoms with Gasteiger partial charge in [-0.15, -0.1) is 0 Å². The molecule has 2 heterocycles. The molecule has 2 aromatic carbocycles. The van der Waals surface area contributed by atoms with Gasteiger partial charge in [-0.1, -0.05) is 42.5 Å². The zero-order valence-corrected chi connectivity index (χ0v) is 17.4. The molecule has 2 N–H and O–H groups in total. The Morgan fingerprint density at radius 1 is 1.06 bits per heavy atom. The van der Waals surface area contributed by atoms with Crippen molar-refractivity contribution in [3.8, 4) is 0 Å². The average molecular weight is 430 g/mol. The number of rotatable bonds is 7. The minimum Gasteiger partial charge on any atom is -0.459 e. The molecular weight excluding hydrogens is 408 g/mol. The van der Waals surface area contributed by atoms with E-state index in [1.54, 1.807) is 37.4 Å². The summed E-state index contributed by atoms with van der Waals surface area (Å²) >= 11 is 0. The van der Waals surface area contributed by atoms with Crippen LogP contribution in [0.2, 0.25) is 0 Å². The van der Waals surface area contributed by atoms with E-state index in [9.17, 15) is 14.4 Å². The van der Waals surface area contributed by atoms with E-state index >= 15 is 0 Å². The first-order valence-corrected chi connectivity index (χ1v) is 10.1. The van der Waals surface area contributed by atoms with Crippen molar-refractivity contribution < 1.29 is 14.0 Å². The number of H-pyrrole nitrogens is 1. The van der Waals surface area contributed by atoms with Crippen molar-refractivity contribution in [3.05, 3.63) is 100 Å². The maximum absolute atomic E-state index is 13.3. The predicted molar refractivity (Wildman–Crippen MR) is 119 cm³/mol.